The molecule has 0 radical (unpaired) electrons. The van der Waals surface area contributed by atoms with E-state index in [4.69, 9.17) is 14.2 Å². The van der Waals surface area contributed by atoms with E-state index in [-0.39, 0.29) is 5.79 Å². The Kier molecular flexibility index (Phi) is 4.78. The predicted molar refractivity (Wildman–Crippen MR) is 81.6 cm³/mol. The molecule has 1 aliphatic heterocycles. The van der Waals surface area contributed by atoms with Crippen molar-refractivity contribution in [1.29, 1.82) is 0 Å². The zero-order valence-corrected chi connectivity index (χ0v) is 12.8. The molecule has 0 bridgehead atoms. The molecule has 4 nitrogen and oxygen atoms in total. The molecular formula is C17H25NO3. The fourth-order valence-corrected chi connectivity index (χ4v) is 3.19. The lowest BCUT2D eigenvalue weighted by Gasteiger charge is -2.35. The summed E-state index contributed by atoms with van der Waals surface area (Å²) in [6.07, 6.45) is 4.24. The first-order valence-electron chi connectivity index (χ1n) is 7.97. The number of nitrogens with one attached hydrogen (secondary N) is 1. The minimum atomic E-state index is -0.254. The average molecular weight is 291 g/mol. The Hall–Kier alpha value is -1.10. The van der Waals surface area contributed by atoms with Crippen LogP contribution in [0.4, 0.5) is 0 Å². The number of hydrogen-bond donors (Lipinski definition) is 1. The van der Waals surface area contributed by atoms with Crippen LogP contribution in [0.25, 0.3) is 0 Å². The van der Waals surface area contributed by atoms with E-state index in [0.717, 1.165) is 51.2 Å². The highest BCUT2D eigenvalue weighted by molar-refractivity contribution is 5.31. The van der Waals surface area contributed by atoms with Gasteiger partial charge in [-0.05, 0) is 31.4 Å². The minimum absolute atomic E-state index is 0.254. The highest BCUT2D eigenvalue weighted by Gasteiger charge is 2.39. The van der Waals surface area contributed by atoms with E-state index in [1.165, 1.54) is 5.56 Å². The van der Waals surface area contributed by atoms with E-state index in [2.05, 4.69) is 18.3 Å². The lowest BCUT2D eigenvalue weighted by atomic mass is 9.90. The summed E-state index contributed by atoms with van der Waals surface area (Å²) in [4.78, 5) is 0. The van der Waals surface area contributed by atoms with Gasteiger partial charge in [0.1, 0.15) is 12.4 Å². The zero-order chi connectivity index (χ0) is 14.5. The molecule has 1 aromatic rings. The SMILES string of the molecule is Cc1ccccc1OCCNC1CCC2(CC1)OCCO2. The number of hydrogen-bond acceptors (Lipinski definition) is 4. The van der Waals surface area contributed by atoms with Gasteiger partial charge in [-0.25, -0.2) is 0 Å². The first-order valence-corrected chi connectivity index (χ1v) is 7.97. The summed E-state index contributed by atoms with van der Waals surface area (Å²) >= 11 is 0. The predicted octanol–water partition coefficient (Wildman–Crippen LogP) is 2.65. The largest absolute Gasteiger partial charge is 0.492 e. The van der Waals surface area contributed by atoms with E-state index < -0.39 is 0 Å². The molecule has 3 rings (SSSR count). The molecule has 0 amide bonds. The summed E-state index contributed by atoms with van der Waals surface area (Å²) in [5, 5.41) is 3.58. The van der Waals surface area contributed by atoms with Crippen LogP contribution in [0.1, 0.15) is 31.2 Å². The summed E-state index contributed by atoms with van der Waals surface area (Å²) in [7, 11) is 0. The molecule has 2 aliphatic rings. The van der Waals surface area contributed by atoms with Crippen molar-refractivity contribution in [1.82, 2.24) is 5.32 Å². The second-order valence-corrected chi connectivity index (χ2v) is 5.95. The molecule has 0 aromatic heterocycles. The lowest BCUT2D eigenvalue weighted by molar-refractivity contribution is -0.179. The molecule has 1 saturated carbocycles. The van der Waals surface area contributed by atoms with Crippen LogP contribution >= 0.6 is 0 Å². The number of para-hydroxylation sites is 1. The third kappa shape index (κ3) is 3.76. The fourth-order valence-electron chi connectivity index (χ4n) is 3.19. The molecule has 1 heterocycles. The van der Waals surface area contributed by atoms with Crippen molar-refractivity contribution in [3.8, 4) is 5.75 Å². The monoisotopic (exact) mass is 291 g/mol. The van der Waals surface area contributed by atoms with E-state index in [1.807, 2.05) is 18.2 Å². The minimum Gasteiger partial charge on any atom is -0.492 e. The maximum Gasteiger partial charge on any atom is 0.168 e. The second kappa shape index (κ2) is 6.77. The van der Waals surface area contributed by atoms with Crippen molar-refractivity contribution in [2.24, 2.45) is 0 Å². The molecule has 21 heavy (non-hydrogen) atoms. The first kappa shape index (κ1) is 14.8. The van der Waals surface area contributed by atoms with Crippen LogP contribution in [-0.4, -0.2) is 38.2 Å². The highest BCUT2D eigenvalue weighted by Crippen LogP contribution is 2.35. The Labute approximate surface area is 126 Å². The summed E-state index contributed by atoms with van der Waals surface area (Å²) in [6, 6.07) is 8.70. The van der Waals surface area contributed by atoms with Gasteiger partial charge in [-0.1, -0.05) is 18.2 Å². The van der Waals surface area contributed by atoms with Gasteiger partial charge in [0.05, 0.1) is 13.2 Å². The zero-order valence-electron chi connectivity index (χ0n) is 12.8. The van der Waals surface area contributed by atoms with Gasteiger partial charge in [-0.15, -0.1) is 0 Å². The second-order valence-electron chi connectivity index (χ2n) is 5.95. The van der Waals surface area contributed by atoms with Crippen molar-refractivity contribution in [3.63, 3.8) is 0 Å². The molecule has 4 heteroatoms. The Morgan fingerprint density at radius 2 is 1.90 bits per heavy atom. The van der Waals surface area contributed by atoms with Crippen LogP contribution in [0.5, 0.6) is 5.75 Å². The van der Waals surface area contributed by atoms with Gasteiger partial charge in [-0.3, -0.25) is 0 Å². The molecule has 2 fully saturated rings. The molecule has 1 aliphatic carbocycles. The van der Waals surface area contributed by atoms with Crippen LogP contribution in [0.2, 0.25) is 0 Å². The summed E-state index contributed by atoms with van der Waals surface area (Å²) in [5.74, 6) is 0.727. The maximum atomic E-state index is 5.81. The summed E-state index contributed by atoms with van der Waals surface area (Å²) in [6.45, 7) is 5.17. The Bertz CT molecular complexity index is 447. The third-order valence-corrected chi connectivity index (χ3v) is 4.45. The van der Waals surface area contributed by atoms with Gasteiger partial charge in [0.15, 0.2) is 5.79 Å². The fraction of sp³-hybridized carbons (Fsp3) is 0.647. The van der Waals surface area contributed by atoms with E-state index >= 15 is 0 Å². The van der Waals surface area contributed by atoms with Crippen molar-refractivity contribution < 1.29 is 14.2 Å². The quantitative estimate of drug-likeness (QED) is 0.847. The molecule has 0 unspecified atom stereocenters. The van der Waals surface area contributed by atoms with Gasteiger partial charge in [0, 0.05) is 25.4 Å². The van der Waals surface area contributed by atoms with Crippen molar-refractivity contribution in [2.45, 2.75) is 44.4 Å². The van der Waals surface area contributed by atoms with Gasteiger partial charge in [-0.2, -0.15) is 0 Å². The van der Waals surface area contributed by atoms with Crippen LogP contribution in [0, 0.1) is 6.92 Å². The molecule has 1 aromatic carbocycles. The first-order chi connectivity index (χ1) is 10.3. The standard InChI is InChI=1S/C17H25NO3/c1-14-4-2-3-5-16(14)19-11-10-18-15-6-8-17(9-7-15)20-12-13-21-17/h2-5,15,18H,6-13H2,1H3. The van der Waals surface area contributed by atoms with E-state index in [0.29, 0.717) is 12.6 Å². The molecular weight excluding hydrogens is 266 g/mol. The normalized spacial score (nSPS) is 21.8. The number of benzene rings is 1. The highest BCUT2D eigenvalue weighted by atomic mass is 16.7. The van der Waals surface area contributed by atoms with E-state index in [1.54, 1.807) is 0 Å². The molecule has 1 saturated heterocycles. The Balaban J connectivity index is 1.34. The van der Waals surface area contributed by atoms with Gasteiger partial charge >= 0.3 is 0 Å². The van der Waals surface area contributed by atoms with Crippen molar-refractivity contribution >= 4 is 0 Å². The van der Waals surface area contributed by atoms with Crippen molar-refractivity contribution in [2.75, 3.05) is 26.4 Å². The van der Waals surface area contributed by atoms with Crippen LogP contribution in [-0.2, 0) is 9.47 Å². The topological polar surface area (TPSA) is 39.7 Å². The Morgan fingerprint density at radius 1 is 1.19 bits per heavy atom. The van der Waals surface area contributed by atoms with E-state index in [9.17, 15) is 0 Å². The lowest BCUT2D eigenvalue weighted by Crippen LogP contribution is -2.43. The molecule has 0 atom stereocenters. The summed E-state index contributed by atoms with van der Waals surface area (Å²) < 4.78 is 17.3. The number of aryl methyl sites for hydroxylation is 1. The van der Waals surface area contributed by atoms with Crippen LogP contribution < -0.4 is 10.1 Å². The number of rotatable bonds is 5. The third-order valence-electron chi connectivity index (χ3n) is 4.45. The molecule has 1 N–H and O–H groups in total. The smallest absolute Gasteiger partial charge is 0.168 e. The van der Waals surface area contributed by atoms with Crippen molar-refractivity contribution in [3.05, 3.63) is 29.8 Å². The maximum absolute atomic E-state index is 5.81. The molecule has 116 valence electrons. The van der Waals surface area contributed by atoms with Gasteiger partial charge < -0.3 is 19.5 Å². The number of ether oxygens (including phenoxy) is 3. The average Bonchev–Trinajstić information content (AvgIpc) is 2.96. The van der Waals surface area contributed by atoms with Gasteiger partial charge in [0.2, 0.25) is 0 Å². The van der Waals surface area contributed by atoms with Crippen LogP contribution in [0.3, 0.4) is 0 Å². The Morgan fingerprint density at radius 3 is 2.62 bits per heavy atom. The van der Waals surface area contributed by atoms with Gasteiger partial charge in [0.25, 0.3) is 0 Å². The summed E-state index contributed by atoms with van der Waals surface area (Å²) in [5.41, 5.74) is 1.19. The molecule has 1 spiro atoms. The van der Waals surface area contributed by atoms with Crippen LogP contribution in [0.15, 0.2) is 24.3 Å².